The molecular formula is C16H24F2N2. The molecule has 0 aliphatic carbocycles. The maximum absolute atomic E-state index is 12.8. The predicted molar refractivity (Wildman–Crippen MR) is 78.0 cm³/mol. The van der Waals surface area contributed by atoms with Crippen molar-refractivity contribution in [2.45, 2.75) is 38.8 Å². The van der Waals surface area contributed by atoms with E-state index in [0.29, 0.717) is 12.5 Å². The van der Waals surface area contributed by atoms with E-state index in [-0.39, 0.29) is 18.6 Å². The van der Waals surface area contributed by atoms with Gasteiger partial charge in [-0.1, -0.05) is 44.2 Å². The fourth-order valence-electron chi connectivity index (χ4n) is 2.94. The third-order valence-corrected chi connectivity index (χ3v) is 3.85. The fourth-order valence-corrected chi connectivity index (χ4v) is 2.94. The SMILES string of the molecule is CC(C)CC1CNC(c2ccccc2)CN1CC(F)F. The minimum absolute atomic E-state index is 0.123. The van der Waals surface area contributed by atoms with E-state index in [0.717, 1.165) is 13.0 Å². The molecule has 112 valence electrons. The molecule has 0 aromatic heterocycles. The van der Waals surface area contributed by atoms with Gasteiger partial charge < -0.3 is 5.32 Å². The summed E-state index contributed by atoms with van der Waals surface area (Å²) in [6, 6.07) is 10.4. The molecule has 1 aromatic carbocycles. The Morgan fingerprint density at radius 1 is 1.25 bits per heavy atom. The molecule has 1 fully saturated rings. The summed E-state index contributed by atoms with van der Waals surface area (Å²) in [5.74, 6) is 0.523. The van der Waals surface area contributed by atoms with Crippen molar-refractivity contribution >= 4 is 0 Å². The monoisotopic (exact) mass is 282 g/mol. The molecular weight excluding hydrogens is 258 g/mol. The molecule has 1 aliphatic heterocycles. The van der Waals surface area contributed by atoms with Gasteiger partial charge in [-0.25, -0.2) is 8.78 Å². The van der Waals surface area contributed by atoms with Crippen LogP contribution in [0.25, 0.3) is 0 Å². The summed E-state index contributed by atoms with van der Waals surface area (Å²) in [6.45, 7) is 5.60. The van der Waals surface area contributed by atoms with Crippen LogP contribution in [0.4, 0.5) is 8.78 Å². The number of hydrogen-bond donors (Lipinski definition) is 1. The number of piperazine rings is 1. The molecule has 1 saturated heterocycles. The first-order valence-corrected chi connectivity index (χ1v) is 7.36. The molecule has 0 bridgehead atoms. The van der Waals surface area contributed by atoms with Gasteiger partial charge in [0.2, 0.25) is 0 Å². The van der Waals surface area contributed by atoms with Crippen molar-refractivity contribution in [2.24, 2.45) is 5.92 Å². The molecule has 0 saturated carbocycles. The summed E-state index contributed by atoms with van der Waals surface area (Å²) in [7, 11) is 0. The van der Waals surface area contributed by atoms with E-state index in [4.69, 9.17) is 0 Å². The number of halogens is 2. The zero-order valence-corrected chi connectivity index (χ0v) is 12.2. The van der Waals surface area contributed by atoms with Crippen molar-refractivity contribution in [3.63, 3.8) is 0 Å². The Labute approximate surface area is 120 Å². The van der Waals surface area contributed by atoms with Crippen LogP contribution in [0.3, 0.4) is 0 Å². The van der Waals surface area contributed by atoms with Crippen molar-refractivity contribution < 1.29 is 8.78 Å². The molecule has 2 nitrogen and oxygen atoms in total. The molecule has 4 heteroatoms. The first-order chi connectivity index (χ1) is 9.56. The van der Waals surface area contributed by atoms with Crippen molar-refractivity contribution in [3.8, 4) is 0 Å². The zero-order valence-electron chi connectivity index (χ0n) is 12.2. The summed E-state index contributed by atoms with van der Waals surface area (Å²) in [5.41, 5.74) is 1.18. The molecule has 0 spiro atoms. The van der Waals surface area contributed by atoms with Crippen LogP contribution in [0.15, 0.2) is 30.3 Å². The van der Waals surface area contributed by atoms with Gasteiger partial charge in [0.15, 0.2) is 0 Å². The minimum atomic E-state index is -2.26. The van der Waals surface area contributed by atoms with Crippen molar-refractivity contribution in [2.75, 3.05) is 19.6 Å². The first kappa shape index (κ1) is 15.4. The largest absolute Gasteiger partial charge is 0.307 e. The standard InChI is InChI=1S/C16H24F2N2/c1-12(2)8-14-9-19-15(10-20(14)11-16(17)18)13-6-4-3-5-7-13/h3-7,12,14-16,19H,8-11H2,1-2H3. The molecule has 0 radical (unpaired) electrons. The molecule has 0 amide bonds. The van der Waals surface area contributed by atoms with Crippen LogP contribution in [0, 0.1) is 5.92 Å². The Bertz CT molecular complexity index is 395. The molecule has 1 aromatic rings. The van der Waals surface area contributed by atoms with Gasteiger partial charge in [0, 0.05) is 25.2 Å². The lowest BCUT2D eigenvalue weighted by molar-refractivity contribution is 0.0364. The van der Waals surface area contributed by atoms with Crippen LogP contribution in [-0.2, 0) is 0 Å². The second kappa shape index (κ2) is 7.14. The lowest BCUT2D eigenvalue weighted by Gasteiger charge is -2.41. The lowest BCUT2D eigenvalue weighted by Crippen LogP contribution is -2.54. The highest BCUT2D eigenvalue weighted by Gasteiger charge is 2.30. The van der Waals surface area contributed by atoms with Crippen LogP contribution in [0.2, 0.25) is 0 Å². The molecule has 1 aliphatic rings. The van der Waals surface area contributed by atoms with Gasteiger partial charge in [0.05, 0.1) is 6.54 Å². The minimum Gasteiger partial charge on any atom is -0.307 e. The highest BCUT2D eigenvalue weighted by molar-refractivity contribution is 5.20. The maximum atomic E-state index is 12.8. The lowest BCUT2D eigenvalue weighted by atomic mass is 9.96. The summed E-state index contributed by atoms with van der Waals surface area (Å²) in [6.07, 6.45) is -1.31. The molecule has 20 heavy (non-hydrogen) atoms. The average molecular weight is 282 g/mol. The number of benzene rings is 1. The summed E-state index contributed by atoms with van der Waals surface area (Å²) in [5, 5.41) is 3.51. The first-order valence-electron chi connectivity index (χ1n) is 7.36. The van der Waals surface area contributed by atoms with Crippen LogP contribution in [0.1, 0.15) is 31.9 Å². The molecule has 2 rings (SSSR count). The molecule has 2 atom stereocenters. The Balaban J connectivity index is 2.04. The summed E-state index contributed by atoms with van der Waals surface area (Å²) < 4.78 is 25.6. The Morgan fingerprint density at radius 3 is 2.55 bits per heavy atom. The average Bonchev–Trinajstić information content (AvgIpc) is 2.40. The van der Waals surface area contributed by atoms with E-state index in [1.54, 1.807) is 0 Å². The zero-order chi connectivity index (χ0) is 14.5. The highest BCUT2D eigenvalue weighted by atomic mass is 19.3. The van der Waals surface area contributed by atoms with Gasteiger partial charge in [0.25, 0.3) is 6.43 Å². The van der Waals surface area contributed by atoms with Gasteiger partial charge in [-0.15, -0.1) is 0 Å². The normalized spacial score (nSPS) is 24.5. The molecule has 1 heterocycles. The van der Waals surface area contributed by atoms with E-state index in [1.165, 1.54) is 5.56 Å². The maximum Gasteiger partial charge on any atom is 0.251 e. The Hall–Kier alpha value is -1.00. The Morgan fingerprint density at radius 2 is 1.95 bits per heavy atom. The fraction of sp³-hybridized carbons (Fsp3) is 0.625. The molecule has 2 unspecified atom stereocenters. The van der Waals surface area contributed by atoms with E-state index in [2.05, 4.69) is 31.3 Å². The van der Waals surface area contributed by atoms with Gasteiger partial charge in [-0.3, -0.25) is 4.90 Å². The summed E-state index contributed by atoms with van der Waals surface area (Å²) in [4.78, 5) is 1.96. The summed E-state index contributed by atoms with van der Waals surface area (Å²) >= 11 is 0. The topological polar surface area (TPSA) is 15.3 Å². The number of nitrogens with one attached hydrogen (secondary N) is 1. The van der Waals surface area contributed by atoms with Crippen LogP contribution in [0.5, 0.6) is 0 Å². The van der Waals surface area contributed by atoms with Gasteiger partial charge in [0.1, 0.15) is 0 Å². The van der Waals surface area contributed by atoms with E-state index < -0.39 is 6.43 Å². The second-order valence-corrected chi connectivity index (χ2v) is 6.00. The van der Waals surface area contributed by atoms with Crippen molar-refractivity contribution in [3.05, 3.63) is 35.9 Å². The number of hydrogen-bond acceptors (Lipinski definition) is 2. The van der Waals surface area contributed by atoms with E-state index in [9.17, 15) is 8.78 Å². The van der Waals surface area contributed by atoms with E-state index in [1.807, 2.05) is 23.1 Å². The smallest absolute Gasteiger partial charge is 0.251 e. The molecule has 1 N–H and O–H groups in total. The predicted octanol–water partition coefficient (Wildman–Crippen LogP) is 3.31. The van der Waals surface area contributed by atoms with E-state index >= 15 is 0 Å². The number of alkyl halides is 2. The van der Waals surface area contributed by atoms with Crippen LogP contribution >= 0.6 is 0 Å². The van der Waals surface area contributed by atoms with Crippen LogP contribution < -0.4 is 5.32 Å². The van der Waals surface area contributed by atoms with Crippen molar-refractivity contribution in [1.29, 1.82) is 0 Å². The highest BCUT2D eigenvalue weighted by Crippen LogP contribution is 2.23. The Kier molecular flexibility index (Phi) is 5.49. The second-order valence-electron chi connectivity index (χ2n) is 6.00. The van der Waals surface area contributed by atoms with Crippen molar-refractivity contribution in [1.82, 2.24) is 10.2 Å². The third-order valence-electron chi connectivity index (χ3n) is 3.85. The number of nitrogens with zero attached hydrogens (tertiary/aromatic N) is 1. The quantitative estimate of drug-likeness (QED) is 0.891. The van der Waals surface area contributed by atoms with Gasteiger partial charge in [-0.2, -0.15) is 0 Å². The van der Waals surface area contributed by atoms with Gasteiger partial charge in [-0.05, 0) is 17.9 Å². The third kappa shape index (κ3) is 4.25. The van der Waals surface area contributed by atoms with Gasteiger partial charge >= 0.3 is 0 Å². The number of rotatable bonds is 5. The van der Waals surface area contributed by atoms with Crippen LogP contribution in [-0.4, -0.2) is 37.0 Å².